The SMILES string of the molecule is O=C(C[n+]1ccccc1)c1ccc2c(c1)Sc1ccccc1O2. The van der Waals surface area contributed by atoms with Gasteiger partial charge in [-0.1, -0.05) is 30.0 Å². The van der Waals surface area contributed by atoms with Crippen LogP contribution in [0.2, 0.25) is 0 Å². The van der Waals surface area contributed by atoms with Gasteiger partial charge in [-0.3, -0.25) is 4.79 Å². The van der Waals surface area contributed by atoms with E-state index in [0.717, 1.165) is 21.3 Å². The van der Waals surface area contributed by atoms with Gasteiger partial charge in [0.1, 0.15) is 11.5 Å². The second kappa shape index (κ2) is 5.89. The van der Waals surface area contributed by atoms with Crippen LogP contribution >= 0.6 is 11.8 Å². The molecule has 3 aromatic rings. The van der Waals surface area contributed by atoms with Crippen molar-refractivity contribution in [1.29, 1.82) is 0 Å². The highest BCUT2D eigenvalue weighted by Gasteiger charge is 2.20. The quantitative estimate of drug-likeness (QED) is 0.420. The summed E-state index contributed by atoms with van der Waals surface area (Å²) in [6, 6.07) is 19.3. The van der Waals surface area contributed by atoms with Crippen LogP contribution in [0.4, 0.5) is 0 Å². The molecule has 2 aromatic carbocycles. The monoisotopic (exact) mass is 320 g/mol. The van der Waals surface area contributed by atoms with Crippen molar-refractivity contribution in [3.63, 3.8) is 0 Å². The molecule has 0 atom stereocenters. The van der Waals surface area contributed by atoms with Gasteiger partial charge in [0.25, 0.3) is 0 Å². The lowest BCUT2D eigenvalue weighted by atomic mass is 10.1. The second-order valence-corrected chi connectivity index (χ2v) is 6.37. The highest BCUT2D eigenvalue weighted by molar-refractivity contribution is 7.99. The molecule has 112 valence electrons. The maximum atomic E-state index is 12.5. The van der Waals surface area contributed by atoms with Crippen molar-refractivity contribution in [2.75, 3.05) is 0 Å². The highest BCUT2D eigenvalue weighted by atomic mass is 32.2. The Labute approximate surface area is 138 Å². The summed E-state index contributed by atoms with van der Waals surface area (Å²) in [6.07, 6.45) is 3.79. The fourth-order valence-corrected chi connectivity index (χ4v) is 3.49. The topological polar surface area (TPSA) is 30.2 Å². The Morgan fingerprint density at radius 1 is 0.913 bits per heavy atom. The molecule has 0 spiro atoms. The molecule has 1 aliphatic heterocycles. The van der Waals surface area contributed by atoms with Gasteiger partial charge in [-0.2, -0.15) is 4.57 Å². The van der Waals surface area contributed by atoms with E-state index in [4.69, 9.17) is 4.74 Å². The number of ether oxygens (including phenoxy) is 1. The summed E-state index contributed by atoms with van der Waals surface area (Å²) in [5.41, 5.74) is 0.704. The first-order valence-corrected chi connectivity index (χ1v) is 8.17. The fourth-order valence-electron chi connectivity index (χ4n) is 2.50. The van der Waals surface area contributed by atoms with E-state index in [2.05, 4.69) is 0 Å². The third kappa shape index (κ3) is 2.85. The molecule has 0 fully saturated rings. The Hall–Kier alpha value is -2.59. The molecule has 23 heavy (non-hydrogen) atoms. The average Bonchev–Trinajstić information content (AvgIpc) is 2.60. The van der Waals surface area contributed by atoms with Crippen LogP contribution in [-0.2, 0) is 6.54 Å². The number of rotatable bonds is 3. The van der Waals surface area contributed by atoms with Crippen molar-refractivity contribution in [2.45, 2.75) is 16.3 Å². The molecule has 2 heterocycles. The summed E-state index contributed by atoms with van der Waals surface area (Å²) in [4.78, 5) is 14.5. The fraction of sp³-hybridized carbons (Fsp3) is 0.0526. The van der Waals surface area contributed by atoms with Crippen molar-refractivity contribution >= 4 is 17.5 Å². The first kappa shape index (κ1) is 14.0. The molecule has 4 rings (SSSR count). The second-order valence-electron chi connectivity index (χ2n) is 5.28. The summed E-state index contributed by atoms with van der Waals surface area (Å²) in [7, 11) is 0. The predicted molar refractivity (Wildman–Crippen MR) is 88.0 cm³/mol. The zero-order chi connectivity index (χ0) is 15.6. The number of carbonyl (C=O) groups is 1. The van der Waals surface area contributed by atoms with E-state index in [9.17, 15) is 4.79 Å². The van der Waals surface area contributed by atoms with E-state index in [1.165, 1.54) is 0 Å². The third-order valence-corrected chi connectivity index (χ3v) is 4.75. The maximum Gasteiger partial charge on any atom is 0.227 e. The van der Waals surface area contributed by atoms with Gasteiger partial charge in [-0.25, -0.2) is 0 Å². The summed E-state index contributed by atoms with van der Waals surface area (Å²) < 4.78 is 7.77. The van der Waals surface area contributed by atoms with Crippen molar-refractivity contribution in [3.05, 3.63) is 78.6 Å². The van der Waals surface area contributed by atoms with Crippen LogP contribution in [0.15, 0.2) is 82.8 Å². The Morgan fingerprint density at radius 2 is 1.70 bits per heavy atom. The Bertz CT molecular complexity index is 878. The average molecular weight is 320 g/mol. The molecule has 1 aromatic heterocycles. The first-order chi connectivity index (χ1) is 11.3. The normalized spacial score (nSPS) is 12.0. The number of para-hydroxylation sites is 1. The number of nitrogens with zero attached hydrogens (tertiary/aromatic N) is 1. The minimum Gasteiger partial charge on any atom is -0.455 e. The number of fused-ring (bicyclic) bond motifs is 2. The van der Waals surface area contributed by atoms with Gasteiger partial charge < -0.3 is 4.74 Å². The van der Waals surface area contributed by atoms with Gasteiger partial charge in [0.2, 0.25) is 12.3 Å². The lowest BCUT2D eigenvalue weighted by molar-refractivity contribution is -0.683. The smallest absolute Gasteiger partial charge is 0.227 e. The maximum absolute atomic E-state index is 12.5. The first-order valence-electron chi connectivity index (χ1n) is 7.36. The number of carbonyl (C=O) groups excluding carboxylic acids is 1. The van der Waals surface area contributed by atoms with Crippen LogP contribution in [0.25, 0.3) is 0 Å². The van der Waals surface area contributed by atoms with Crippen LogP contribution in [0.3, 0.4) is 0 Å². The number of hydrogen-bond acceptors (Lipinski definition) is 3. The number of ketones is 1. The number of hydrogen-bond donors (Lipinski definition) is 0. The summed E-state index contributed by atoms with van der Waals surface area (Å²) in [5.74, 6) is 1.75. The number of pyridine rings is 1. The molecule has 3 nitrogen and oxygen atoms in total. The zero-order valence-electron chi connectivity index (χ0n) is 12.3. The van der Waals surface area contributed by atoms with Crippen LogP contribution in [0.1, 0.15) is 10.4 Å². The molecule has 1 aliphatic rings. The van der Waals surface area contributed by atoms with Gasteiger partial charge in [-0.05, 0) is 30.3 Å². The van der Waals surface area contributed by atoms with Crippen LogP contribution in [-0.4, -0.2) is 5.78 Å². The van der Waals surface area contributed by atoms with Crippen LogP contribution < -0.4 is 9.30 Å². The molecule has 4 heteroatoms. The van der Waals surface area contributed by atoms with Crippen molar-refractivity contribution < 1.29 is 14.1 Å². The molecule has 0 saturated heterocycles. The number of benzene rings is 2. The zero-order valence-corrected chi connectivity index (χ0v) is 13.1. The van der Waals surface area contributed by atoms with E-state index in [0.29, 0.717) is 12.1 Å². The van der Waals surface area contributed by atoms with Crippen LogP contribution in [0, 0.1) is 0 Å². The van der Waals surface area contributed by atoms with E-state index >= 15 is 0 Å². The van der Waals surface area contributed by atoms with Gasteiger partial charge in [0.05, 0.1) is 9.79 Å². The van der Waals surface area contributed by atoms with E-state index in [1.807, 2.05) is 77.6 Å². The third-order valence-electron chi connectivity index (χ3n) is 3.66. The van der Waals surface area contributed by atoms with E-state index in [-0.39, 0.29) is 5.78 Å². The molecule has 0 N–H and O–H groups in total. The van der Waals surface area contributed by atoms with E-state index < -0.39 is 0 Å². The van der Waals surface area contributed by atoms with Gasteiger partial charge >= 0.3 is 0 Å². The molecule has 0 aliphatic carbocycles. The lowest BCUT2D eigenvalue weighted by Crippen LogP contribution is -2.36. The minimum absolute atomic E-state index is 0.0865. The largest absolute Gasteiger partial charge is 0.455 e. The minimum atomic E-state index is 0.0865. The Balaban J connectivity index is 1.60. The van der Waals surface area contributed by atoms with Crippen molar-refractivity contribution in [3.8, 4) is 11.5 Å². The predicted octanol–water partition coefficient (Wildman–Crippen LogP) is 4.11. The highest BCUT2D eigenvalue weighted by Crippen LogP contribution is 2.46. The van der Waals surface area contributed by atoms with E-state index in [1.54, 1.807) is 11.8 Å². The molecule has 0 saturated carbocycles. The standard InChI is InChI=1S/C19H14NO2S/c21-15(13-20-10-4-1-5-11-20)14-8-9-17-19(12-14)23-18-7-3-2-6-16(18)22-17/h1-12H,13H2/q+1. The molecule has 0 radical (unpaired) electrons. The molecule has 0 amide bonds. The van der Waals surface area contributed by atoms with Crippen molar-refractivity contribution in [1.82, 2.24) is 0 Å². The van der Waals surface area contributed by atoms with Gasteiger partial charge in [-0.15, -0.1) is 0 Å². The number of Topliss-reactive ketones (excluding diaryl/α,β-unsaturated/α-hetero) is 1. The summed E-state index contributed by atoms with van der Waals surface area (Å²) >= 11 is 1.64. The molecule has 0 bridgehead atoms. The molecular formula is C19H14NO2S+. The van der Waals surface area contributed by atoms with Crippen LogP contribution in [0.5, 0.6) is 11.5 Å². The van der Waals surface area contributed by atoms with Gasteiger partial charge in [0.15, 0.2) is 12.4 Å². The number of aromatic nitrogens is 1. The summed E-state index contributed by atoms with van der Waals surface area (Å²) in [5, 5.41) is 0. The summed E-state index contributed by atoms with van der Waals surface area (Å²) in [6.45, 7) is 0.335. The molecule has 0 unspecified atom stereocenters. The van der Waals surface area contributed by atoms with Crippen molar-refractivity contribution in [2.24, 2.45) is 0 Å². The Kier molecular flexibility index (Phi) is 3.60. The van der Waals surface area contributed by atoms with Gasteiger partial charge in [0, 0.05) is 17.7 Å². The Morgan fingerprint density at radius 3 is 2.57 bits per heavy atom. The lowest BCUT2D eigenvalue weighted by Gasteiger charge is -2.19. The molecular weight excluding hydrogens is 306 g/mol.